The normalized spacial score (nSPS) is 13.0. The Balaban J connectivity index is 5.55. The Kier molecular flexibility index (Phi) is 18.7. The summed E-state index contributed by atoms with van der Waals surface area (Å²) < 4.78 is 26.0. The van der Waals surface area contributed by atoms with E-state index in [4.69, 9.17) is 17.7 Å². The van der Waals surface area contributed by atoms with Crippen molar-refractivity contribution < 1.29 is 17.7 Å². The first-order valence-corrected chi connectivity index (χ1v) is 17.4. The van der Waals surface area contributed by atoms with Crippen molar-refractivity contribution in [2.75, 3.05) is 65.7 Å². The van der Waals surface area contributed by atoms with Gasteiger partial charge in [0.1, 0.15) is 0 Å². The molecule has 31 heavy (non-hydrogen) atoms. The van der Waals surface area contributed by atoms with Crippen molar-refractivity contribution in [1.82, 2.24) is 9.80 Å². The SMILES string of the molecule is CCO[Si](CCCN(CC)CC)(C[Si](CCCN(CC)CC)(OCC)OCC)OCC. The van der Waals surface area contributed by atoms with Crippen molar-refractivity contribution in [3.05, 3.63) is 0 Å². The van der Waals surface area contributed by atoms with E-state index in [1.165, 1.54) is 0 Å². The van der Waals surface area contributed by atoms with Crippen LogP contribution in [0.2, 0.25) is 17.8 Å². The molecule has 0 amide bonds. The van der Waals surface area contributed by atoms with Gasteiger partial charge in [0.15, 0.2) is 0 Å². The summed E-state index contributed by atoms with van der Waals surface area (Å²) in [6.07, 6.45) is 2.21. The molecule has 0 saturated carbocycles. The summed E-state index contributed by atoms with van der Waals surface area (Å²) in [5, 5.41) is 0. The maximum atomic E-state index is 6.50. The fraction of sp³-hybridized carbons (Fsp3) is 1.00. The maximum absolute atomic E-state index is 6.50. The highest BCUT2D eigenvalue weighted by molar-refractivity contribution is 6.86. The Hall–Kier alpha value is 0.194. The van der Waals surface area contributed by atoms with Gasteiger partial charge in [0, 0.05) is 32.1 Å². The molecule has 0 heterocycles. The number of hydrogen-bond acceptors (Lipinski definition) is 6. The van der Waals surface area contributed by atoms with Gasteiger partial charge >= 0.3 is 17.1 Å². The zero-order chi connectivity index (χ0) is 23.6. The standard InChI is InChI=1S/C23H54N2O4Si2/c1-9-24(10-2)19-17-21-30(26-13-5,27-14-6)23-31(28-15-7,29-16-8)22-18-20-25(11-3)12-4/h9-23H2,1-8H3. The molecule has 0 saturated heterocycles. The van der Waals surface area contributed by atoms with Gasteiger partial charge in [0.05, 0.1) is 0 Å². The summed E-state index contributed by atoms with van der Waals surface area (Å²) in [7, 11) is -4.84. The van der Waals surface area contributed by atoms with E-state index in [1.54, 1.807) is 0 Å². The van der Waals surface area contributed by atoms with Crippen LogP contribution >= 0.6 is 0 Å². The molecule has 0 aromatic heterocycles. The Morgan fingerprint density at radius 2 is 0.774 bits per heavy atom. The van der Waals surface area contributed by atoms with Gasteiger partial charge in [-0.1, -0.05) is 27.7 Å². The quantitative estimate of drug-likeness (QED) is 0.204. The molecule has 0 aliphatic heterocycles. The van der Waals surface area contributed by atoms with Gasteiger partial charge in [0.25, 0.3) is 0 Å². The van der Waals surface area contributed by atoms with Crippen LogP contribution in [0, 0.1) is 0 Å². The van der Waals surface area contributed by atoms with Crippen LogP contribution in [0.25, 0.3) is 0 Å². The van der Waals surface area contributed by atoms with E-state index in [9.17, 15) is 0 Å². The van der Waals surface area contributed by atoms with Gasteiger partial charge in [-0.3, -0.25) is 0 Å². The highest BCUT2D eigenvalue weighted by atomic mass is 28.4. The van der Waals surface area contributed by atoms with Crippen molar-refractivity contribution in [2.24, 2.45) is 0 Å². The van der Waals surface area contributed by atoms with Crippen LogP contribution in [0.1, 0.15) is 68.2 Å². The second-order valence-corrected chi connectivity index (χ2v) is 15.2. The van der Waals surface area contributed by atoms with Gasteiger partial charge in [-0.25, -0.2) is 0 Å². The highest BCUT2D eigenvalue weighted by Gasteiger charge is 2.50. The first kappa shape index (κ1) is 31.2. The van der Waals surface area contributed by atoms with Crippen LogP contribution in [0.15, 0.2) is 0 Å². The summed E-state index contributed by atoms with van der Waals surface area (Å²) >= 11 is 0. The molecule has 0 unspecified atom stereocenters. The minimum Gasteiger partial charge on any atom is -0.395 e. The smallest absolute Gasteiger partial charge is 0.340 e. The molecule has 0 aliphatic rings. The van der Waals surface area contributed by atoms with Crippen LogP contribution in [-0.2, 0) is 17.7 Å². The zero-order valence-electron chi connectivity index (χ0n) is 22.1. The number of hydrogen-bond donors (Lipinski definition) is 0. The largest absolute Gasteiger partial charge is 0.395 e. The van der Waals surface area contributed by atoms with Crippen molar-refractivity contribution in [2.45, 2.75) is 86.0 Å². The van der Waals surface area contributed by atoms with E-state index in [-0.39, 0.29) is 0 Å². The molecule has 0 aliphatic carbocycles. The number of nitrogens with zero attached hydrogens (tertiary/aromatic N) is 2. The lowest BCUT2D eigenvalue weighted by Gasteiger charge is -2.39. The monoisotopic (exact) mass is 478 g/mol. The van der Waals surface area contributed by atoms with Crippen molar-refractivity contribution in [1.29, 1.82) is 0 Å². The van der Waals surface area contributed by atoms with E-state index in [0.29, 0.717) is 26.4 Å². The van der Waals surface area contributed by atoms with E-state index in [1.807, 2.05) is 0 Å². The molecule has 0 fully saturated rings. The lowest BCUT2D eigenvalue weighted by atomic mass is 10.4. The molecular formula is C23H54N2O4Si2. The van der Waals surface area contributed by atoms with Crippen LogP contribution < -0.4 is 0 Å². The number of rotatable bonds is 22. The third kappa shape index (κ3) is 12.3. The fourth-order valence-electron chi connectivity index (χ4n) is 4.44. The van der Waals surface area contributed by atoms with Gasteiger partial charge in [-0.15, -0.1) is 0 Å². The first-order chi connectivity index (χ1) is 14.9. The minimum atomic E-state index is -2.42. The van der Waals surface area contributed by atoms with Gasteiger partial charge in [-0.05, 0) is 91.9 Å². The lowest BCUT2D eigenvalue weighted by molar-refractivity contribution is 0.159. The third-order valence-electron chi connectivity index (χ3n) is 6.02. The molecule has 188 valence electrons. The first-order valence-electron chi connectivity index (χ1n) is 12.9. The molecule has 8 heteroatoms. The van der Waals surface area contributed by atoms with Gasteiger partial charge in [0.2, 0.25) is 0 Å². The molecule has 6 nitrogen and oxygen atoms in total. The van der Waals surface area contributed by atoms with Crippen molar-refractivity contribution >= 4 is 17.1 Å². The predicted molar refractivity (Wildman–Crippen MR) is 137 cm³/mol. The molecular weight excluding hydrogens is 424 g/mol. The molecule has 0 aromatic carbocycles. The van der Waals surface area contributed by atoms with Gasteiger partial charge in [-0.2, -0.15) is 0 Å². The molecule has 0 radical (unpaired) electrons. The van der Waals surface area contributed by atoms with Gasteiger partial charge < -0.3 is 27.5 Å². The Bertz CT molecular complexity index is 363. The Morgan fingerprint density at radius 1 is 0.484 bits per heavy atom. The second kappa shape index (κ2) is 18.6. The summed E-state index contributed by atoms with van der Waals surface area (Å²) in [4.78, 5) is 4.97. The summed E-state index contributed by atoms with van der Waals surface area (Å²) in [6, 6.07) is 2.02. The van der Waals surface area contributed by atoms with E-state index in [2.05, 4.69) is 65.2 Å². The molecule has 0 N–H and O–H groups in total. The summed E-state index contributed by atoms with van der Waals surface area (Å²) in [5.74, 6) is 0. The Labute approximate surface area is 196 Å². The average Bonchev–Trinajstić information content (AvgIpc) is 2.75. The van der Waals surface area contributed by atoms with Crippen LogP contribution in [0.5, 0.6) is 0 Å². The minimum absolute atomic E-state index is 0.694. The second-order valence-electron chi connectivity index (χ2n) is 7.99. The van der Waals surface area contributed by atoms with E-state index in [0.717, 1.165) is 69.9 Å². The maximum Gasteiger partial charge on any atom is 0.340 e. The van der Waals surface area contributed by atoms with E-state index < -0.39 is 17.1 Å². The third-order valence-corrected chi connectivity index (χ3v) is 15.8. The molecule has 0 bridgehead atoms. The fourth-order valence-corrected chi connectivity index (χ4v) is 15.0. The molecule has 0 aromatic rings. The topological polar surface area (TPSA) is 43.4 Å². The van der Waals surface area contributed by atoms with Crippen LogP contribution in [0.3, 0.4) is 0 Å². The molecule has 0 atom stereocenters. The lowest BCUT2D eigenvalue weighted by Crippen LogP contribution is -2.55. The van der Waals surface area contributed by atoms with Crippen molar-refractivity contribution in [3.8, 4) is 0 Å². The van der Waals surface area contributed by atoms with Crippen LogP contribution in [0.4, 0.5) is 0 Å². The van der Waals surface area contributed by atoms with E-state index >= 15 is 0 Å². The Morgan fingerprint density at radius 3 is 1.00 bits per heavy atom. The highest BCUT2D eigenvalue weighted by Crippen LogP contribution is 2.32. The summed E-state index contributed by atoms with van der Waals surface area (Å²) in [6.45, 7) is 26.7. The molecule has 0 rings (SSSR count). The predicted octanol–water partition coefficient (Wildman–Crippen LogP) is 5.02. The zero-order valence-corrected chi connectivity index (χ0v) is 24.1. The summed E-state index contributed by atoms with van der Waals surface area (Å²) in [5.41, 5.74) is 0.875. The van der Waals surface area contributed by atoms with Crippen LogP contribution in [-0.4, -0.2) is 92.6 Å². The average molecular weight is 479 g/mol. The van der Waals surface area contributed by atoms with Crippen molar-refractivity contribution in [3.63, 3.8) is 0 Å². The molecule has 0 spiro atoms.